The number of anilines is 1. The van der Waals surface area contributed by atoms with Gasteiger partial charge in [0.2, 0.25) is 11.8 Å². The molecule has 3 rings (SSSR count). The Hall–Kier alpha value is -2.90. The van der Waals surface area contributed by atoms with Crippen molar-refractivity contribution in [2.45, 2.75) is 25.5 Å². The maximum atomic E-state index is 12.9. The van der Waals surface area contributed by atoms with Crippen molar-refractivity contribution in [1.29, 1.82) is 0 Å². The van der Waals surface area contributed by atoms with Crippen LogP contribution in [0.15, 0.2) is 60.1 Å². The summed E-state index contributed by atoms with van der Waals surface area (Å²) in [5, 5.41) is 3.26. The molecular formula is C23H22ClN3O3S. The van der Waals surface area contributed by atoms with E-state index in [9.17, 15) is 14.4 Å². The molecule has 1 aliphatic heterocycles. The van der Waals surface area contributed by atoms with Crippen molar-refractivity contribution in [2.75, 3.05) is 11.9 Å². The summed E-state index contributed by atoms with van der Waals surface area (Å²) >= 11 is 7.43. The van der Waals surface area contributed by atoms with E-state index in [-0.39, 0.29) is 24.0 Å². The first-order valence-corrected chi connectivity index (χ1v) is 10.9. The molecule has 0 saturated carbocycles. The van der Waals surface area contributed by atoms with Crippen LogP contribution in [0.25, 0.3) is 0 Å². The number of ketones is 1. The smallest absolute Gasteiger partial charge is 0.242 e. The molecule has 0 spiro atoms. The molecule has 1 fully saturated rings. The Kier molecular flexibility index (Phi) is 7.30. The molecule has 1 aliphatic rings. The molecule has 1 saturated heterocycles. The molecule has 6 nitrogen and oxygen atoms in total. The van der Waals surface area contributed by atoms with E-state index in [0.717, 1.165) is 5.56 Å². The van der Waals surface area contributed by atoms with Crippen molar-refractivity contribution >= 4 is 57.5 Å². The number of aliphatic imine (C=N–C) groups is 1. The number of hydrogen-bond acceptors (Lipinski definition) is 5. The number of nitrogens with one attached hydrogen (secondary N) is 1. The molecule has 2 amide bonds. The van der Waals surface area contributed by atoms with Crippen molar-refractivity contribution in [2.24, 2.45) is 4.99 Å². The van der Waals surface area contributed by atoms with Crippen molar-refractivity contribution < 1.29 is 14.4 Å². The highest BCUT2D eigenvalue weighted by Crippen LogP contribution is 2.34. The number of hydrogen-bond donors (Lipinski definition) is 1. The third kappa shape index (κ3) is 5.42. The summed E-state index contributed by atoms with van der Waals surface area (Å²) in [4.78, 5) is 43.2. The first kappa shape index (κ1) is 22.8. The van der Waals surface area contributed by atoms with Crippen molar-refractivity contribution in [3.8, 4) is 0 Å². The predicted molar refractivity (Wildman–Crippen MR) is 126 cm³/mol. The molecule has 1 heterocycles. The Balaban J connectivity index is 1.77. The average Bonchev–Trinajstić information content (AvgIpc) is 3.00. The largest absolute Gasteiger partial charge is 0.326 e. The summed E-state index contributed by atoms with van der Waals surface area (Å²) < 4.78 is 0. The van der Waals surface area contributed by atoms with Crippen LogP contribution in [-0.2, 0) is 9.59 Å². The van der Waals surface area contributed by atoms with Gasteiger partial charge in [-0.3, -0.25) is 19.3 Å². The summed E-state index contributed by atoms with van der Waals surface area (Å²) in [6.07, 6.45) is 1.60. The topological polar surface area (TPSA) is 78.8 Å². The Morgan fingerprint density at radius 3 is 2.74 bits per heavy atom. The highest BCUT2D eigenvalue weighted by molar-refractivity contribution is 8.15. The lowest BCUT2D eigenvalue weighted by atomic mass is 10.1. The lowest BCUT2D eigenvalue weighted by Crippen LogP contribution is -2.33. The summed E-state index contributed by atoms with van der Waals surface area (Å²) in [5.74, 6) is -0.601. The minimum absolute atomic E-state index is 0.0189. The normalized spacial score (nSPS) is 17.1. The zero-order valence-electron chi connectivity index (χ0n) is 17.2. The number of carbonyl (C=O) groups excluding carboxylic acids is 3. The van der Waals surface area contributed by atoms with Crippen LogP contribution in [-0.4, -0.2) is 39.5 Å². The van der Waals surface area contributed by atoms with Gasteiger partial charge < -0.3 is 5.32 Å². The van der Waals surface area contributed by atoms with Crippen LogP contribution in [0.4, 0.5) is 11.4 Å². The van der Waals surface area contributed by atoms with E-state index < -0.39 is 5.25 Å². The summed E-state index contributed by atoms with van der Waals surface area (Å²) in [6, 6.07) is 12.1. The zero-order valence-corrected chi connectivity index (χ0v) is 18.8. The maximum Gasteiger partial charge on any atom is 0.242 e. The zero-order chi connectivity index (χ0) is 22.5. The van der Waals surface area contributed by atoms with Crippen molar-refractivity contribution in [3.63, 3.8) is 0 Å². The second-order valence-electron chi connectivity index (χ2n) is 7.01. The average molecular weight is 456 g/mol. The van der Waals surface area contributed by atoms with Gasteiger partial charge in [0.05, 0.1) is 5.69 Å². The Bertz CT molecular complexity index is 1080. The molecule has 8 heteroatoms. The molecule has 31 heavy (non-hydrogen) atoms. The highest BCUT2D eigenvalue weighted by atomic mass is 35.5. The van der Waals surface area contributed by atoms with Gasteiger partial charge in [-0.05, 0) is 43.7 Å². The molecule has 1 N–H and O–H groups in total. The Labute approximate surface area is 190 Å². The SMILES string of the molecule is C=CCN1C(=O)[C@H](CC(=O)Nc2cccc(C(C)=O)c2)SC1=Nc1cccc(Cl)c1C. The summed E-state index contributed by atoms with van der Waals surface area (Å²) in [7, 11) is 0. The number of amidine groups is 1. The minimum Gasteiger partial charge on any atom is -0.326 e. The van der Waals surface area contributed by atoms with Crippen LogP contribution in [0.3, 0.4) is 0 Å². The molecular weight excluding hydrogens is 434 g/mol. The van der Waals surface area contributed by atoms with Gasteiger partial charge in [-0.1, -0.05) is 47.6 Å². The third-order valence-corrected chi connectivity index (χ3v) is 6.30. The van der Waals surface area contributed by atoms with Crippen LogP contribution in [0.2, 0.25) is 5.02 Å². The molecule has 2 aromatic carbocycles. The first-order valence-electron chi connectivity index (χ1n) is 9.63. The number of rotatable bonds is 7. The van der Waals surface area contributed by atoms with Gasteiger partial charge >= 0.3 is 0 Å². The number of thioether (sulfide) groups is 1. The van der Waals surface area contributed by atoms with Gasteiger partial charge in [0.1, 0.15) is 5.25 Å². The second kappa shape index (κ2) is 9.94. The van der Waals surface area contributed by atoms with Gasteiger partial charge in [0.25, 0.3) is 0 Å². The van der Waals surface area contributed by atoms with Crippen LogP contribution in [0.5, 0.6) is 0 Å². The number of Topliss-reactive ketones (excluding diaryl/α,β-unsaturated/α-hetero) is 1. The molecule has 0 unspecified atom stereocenters. The quantitative estimate of drug-likeness (QED) is 0.470. The highest BCUT2D eigenvalue weighted by Gasteiger charge is 2.38. The number of carbonyl (C=O) groups is 3. The van der Waals surface area contributed by atoms with E-state index >= 15 is 0 Å². The van der Waals surface area contributed by atoms with Gasteiger partial charge in [-0.15, -0.1) is 6.58 Å². The summed E-state index contributed by atoms with van der Waals surface area (Å²) in [6.45, 7) is 7.33. The number of amides is 2. The summed E-state index contributed by atoms with van der Waals surface area (Å²) in [5.41, 5.74) is 2.50. The number of nitrogens with zero attached hydrogens (tertiary/aromatic N) is 2. The number of benzene rings is 2. The molecule has 0 aliphatic carbocycles. The third-order valence-electron chi connectivity index (χ3n) is 4.71. The van der Waals surface area contributed by atoms with Crippen molar-refractivity contribution in [3.05, 3.63) is 71.3 Å². The van der Waals surface area contributed by atoms with Crippen LogP contribution in [0, 0.1) is 6.92 Å². The minimum atomic E-state index is -0.603. The number of halogens is 1. The van der Waals surface area contributed by atoms with Crippen LogP contribution < -0.4 is 5.32 Å². The fraction of sp³-hybridized carbons (Fsp3) is 0.217. The Morgan fingerprint density at radius 2 is 2.03 bits per heavy atom. The van der Waals surface area contributed by atoms with E-state index in [0.29, 0.717) is 33.7 Å². The lowest BCUT2D eigenvalue weighted by molar-refractivity contribution is -0.127. The molecule has 2 aromatic rings. The Morgan fingerprint density at radius 1 is 1.29 bits per heavy atom. The lowest BCUT2D eigenvalue weighted by Gasteiger charge is -2.14. The van der Waals surface area contributed by atoms with Gasteiger partial charge in [0.15, 0.2) is 11.0 Å². The fourth-order valence-electron chi connectivity index (χ4n) is 3.04. The van der Waals surface area contributed by atoms with Crippen LogP contribution in [0.1, 0.15) is 29.3 Å². The van der Waals surface area contributed by atoms with E-state index in [1.807, 2.05) is 13.0 Å². The van der Waals surface area contributed by atoms with E-state index in [1.165, 1.54) is 23.6 Å². The fourth-order valence-corrected chi connectivity index (χ4v) is 4.37. The van der Waals surface area contributed by atoms with Gasteiger partial charge in [-0.25, -0.2) is 4.99 Å². The standard InChI is InChI=1S/C23H22ClN3O3S/c1-4-11-27-22(30)20(31-23(27)26-19-10-6-9-18(24)14(19)2)13-21(29)25-17-8-5-7-16(12-17)15(3)28/h4-10,12,20H,1,11,13H2,2-3H3,(H,25,29)/t20-/m0/s1. The molecule has 0 aromatic heterocycles. The van der Waals surface area contributed by atoms with E-state index in [1.54, 1.807) is 42.5 Å². The predicted octanol–water partition coefficient (Wildman–Crippen LogP) is 5.00. The van der Waals surface area contributed by atoms with E-state index in [4.69, 9.17) is 11.6 Å². The van der Waals surface area contributed by atoms with Gasteiger partial charge in [0, 0.05) is 29.2 Å². The van der Waals surface area contributed by atoms with Crippen LogP contribution >= 0.6 is 23.4 Å². The molecule has 0 radical (unpaired) electrons. The maximum absolute atomic E-state index is 12.9. The van der Waals surface area contributed by atoms with E-state index in [2.05, 4.69) is 16.9 Å². The monoisotopic (exact) mass is 455 g/mol. The molecule has 160 valence electrons. The molecule has 0 bridgehead atoms. The van der Waals surface area contributed by atoms with Crippen molar-refractivity contribution in [1.82, 2.24) is 4.90 Å². The van der Waals surface area contributed by atoms with Gasteiger partial charge in [-0.2, -0.15) is 0 Å². The molecule has 1 atom stereocenters. The first-order chi connectivity index (χ1) is 14.8. The second-order valence-corrected chi connectivity index (χ2v) is 8.59.